The molecule has 17 heavy (non-hydrogen) atoms. The number of benzene rings is 1. The van der Waals surface area contributed by atoms with Crippen molar-refractivity contribution in [3.05, 3.63) is 34.3 Å². The number of ketones is 1. The summed E-state index contributed by atoms with van der Waals surface area (Å²) < 4.78 is 2.92. The molecule has 0 aromatic heterocycles. The minimum atomic E-state index is -0.314. The molecule has 1 heterocycles. The second-order valence-electron chi connectivity index (χ2n) is 4.48. The largest absolute Gasteiger partial charge is 0.287 e. The predicted molar refractivity (Wildman–Crippen MR) is 72.2 cm³/mol. The van der Waals surface area contributed by atoms with Crippen LogP contribution in [0.3, 0.4) is 0 Å². The lowest BCUT2D eigenvalue weighted by molar-refractivity contribution is -0.578. The number of halogens is 1. The van der Waals surface area contributed by atoms with E-state index in [0.29, 0.717) is 6.54 Å². The van der Waals surface area contributed by atoms with Crippen molar-refractivity contribution < 1.29 is 9.37 Å². The van der Waals surface area contributed by atoms with Crippen LogP contribution in [0.15, 0.2) is 33.7 Å². The normalized spacial score (nSPS) is 17.0. The second-order valence-corrected chi connectivity index (χ2v) is 5.40. The van der Waals surface area contributed by atoms with Gasteiger partial charge >= 0.3 is 0 Å². The SMILES string of the molecule is CC1(C)N=CC=[N+]1CC(=O)c1ccc(Br)cc1. The Morgan fingerprint density at radius 3 is 2.53 bits per heavy atom. The molecule has 88 valence electrons. The predicted octanol–water partition coefficient (Wildman–Crippen LogP) is 2.54. The minimum Gasteiger partial charge on any atom is -0.287 e. The Morgan fingerprint density at radius 1 is 1.35 bits per heavy atom. The van der Waals surface area contributed by atoms with Gasteiger partial charge in [0.1, 0.15) is 0 Å². The molecule has 0 aliphatic carbocycles. The minimum absolute atomic E-state index is 0.104. The van der Waals surface area contributed by atoms with E-state index in [1.54, 1.807) is 6.21 Å². The summed E-state index contributed by atoms with van der Waals surface area (Å²) in [5.41, 5.74) is 0.412. The van der Waals surface area contributed by atoms with Crippen LogP contribution in [0.2, 0.25) is 0 Å². The van der Waals surface area contributed by atoms with E-state index in [-0.39, 0.29) is 11.4 Å². The van der Waals surface area contributed by atoms with Crippen molar-refractivity contribution in [3.63, 3.8) is 0 Å². The summed E-state index contributed by atoms with van der Waals surface area (Å²) in [5.74, 6) is 0.104. The summed E-state index contributed by atoms with van der Waals surface area (Å²) >= 11 is 3.35. The third-order valence-corrected chi connectivity index (χ3v) is 3.35. The molecule has 0 saturated carbocycles. The maximum absolute atomic E-state index is 12.1. The Hall–Kier alpha value is -1.29. The number of aliphatic imine (C=N–C) groups is 1. The van der Waals surface area contributed by atoms with Gasteiger partial charge in [-0.3, -0.25) is 4.79 Å². The van der Waals surface area contributed by atoms with Crippen LogP contribution in [0.25, 0.3) is 0 Å². The van der Waals surface area contributed by atoms with Gasteiger partial charge in [-0.25, -0.2) is 9.57 Å². The Balaban J connectivity index is 2.11. The first-order chi connectivity index (χ1) is 7.99. The molecule has 0 fully saturated rings. The van der Waals surface area contributed by atoms with Crippen LogP contribution in [0, 0.1) is 0 Å². The molecule has 0 radical (unpaired) electrons. The van der Waals surface area contributed by atoms with Crippen molar-refractivity contribution in [2.75, 3.05) is 6.54 Å². The number of nitrogens with zero attached hydrogens (tertiary/aromatic N) is 2. The molecule has 1 aromatic carbocycles. The summed E-state index contributed by atoms with van der Waals surface area (Å²) in [6.07, 6.45) is 3.60. The topological polar surface area (TPSA) is 32.4 Å². The molecule has 0 unspecified atom stereocenters. The Morgan fingerprint density at radius 2 is 2.00 bits per heavy atom. The van der Waals surface area contributed by atoms with Crippen LogP contribution in [0.5, 0.6) is 0 Å². The molecule has 4 heteroatoms. The zero-order valence-electron chi connectivity index (χ0n) is 9.85. The van der Waals surface area contributed by atoms with E-state index in [2.05, 4.69) is 20.9 Å². The molecular weight excluding hydrogens is 280 g/mol. The van der Waals surface area contributed by atoms with Gasteiger partial charge < -0.3 is 0 Å². The van der Waals surface area contributed by atoms with E-state index in [0.717, 1.165) is 10.0 Å². The highest BCUT2D eigenvalue weighted by Gasteiger charge is 2.33. The molecule has 0 saturated heterocycles. The van der Waals surface area contributed by atoms with Gasteiger partial charge in [0, 0.05) is 23.9 Å². The molecule has 0 atom stereocenters. The Bertz CT molecular complexity index is 501. The number of hydrogen-bond donors (Lipinski definition) is 0. The van der Waals surface area contributed by atoms with Gasteiger partial charge in [0.25, 0.3) is 0 Å². The summed E-state index contributed by atoms with van der Waals surface area (Å²) in [6, 6.07) is 7.41. The number of carbonyl (C=O) groups excluding carboxylic acids is 1. The van der Waals surface area contributed by atoms with Gasteiger partial charge in [-0.15, -0.1) is 0 Å². The molecule has 3 nitrogen and oxygen atoms in total. The molecule has 0 spiro atoms. The van der Waals surface area contributed by atoms with Crippen molar-refractivity contribution in [2.24, 2.45) is 4.99 Å². The molecule has 0 N–H and O–H groups in total. The monoisotopic (exact) mass is 293 g/mol. The van der Waals surface area contributed by atoms with Crippen molar-refractivity contribution in [2.45, 2.75) is 19.5 Å². The van der Waals surface area contributed by atoms with Gasteiger partial charge in [0.2, 0.25) is 18.0 Å². The molecule has 1 aliphatic rings. The molecule has 1 aromatic rings. The highest BCUT2D eigenvalue weighted by Crippen LogP contribution is 2.15. The summed E-state index contributed by atoms with van der Waals surface area (Å²) in [4.78, 5) is 16.4. The van der Waals surface area contributed by atoms with Crippen molar-refractivity contribution in [3.8, 4) is 0 Å². The van der Waals surface area contributed by atoms with Gasteiger partial charge in [-0.2, -0.15) is 0 Å². The van der Waals surface area contributed by atoms with Crippen LogP contribution >= 0.6 is 15.9 Å². The third kappa shape index (κ3) is 2.69. The van der Waals surface area contributed by atoms with Crippen molar-refractivity contribution in [1.82, 2.24) is 0 Å². The van der Waals surface area contributed by atoms with Crippen LogP contribution in [0.1, 0.15) is 24.2 Å². The van der Waals surface area contributed by atoms with Gasteiger partial charge in [0.05, 0.1) is 6.21 Å². The number of Topliss-reactive ketones (excluding diaryl/α,β-unsaturated/α-hetero) is 1. The summed E-state index contributed by atoms with van der Waals surface area (Å²) in [5, 5.41) is 0. The number of hydrogen-bond acceptors (Lipinski definition) is 2. The maximum atomic E-state index is 12.1. The number of rotatable bonds is 3. The highest BCUT2D eigenvalue weighted by atomic mass is 79.9. The molecule has 0 bridgehead atoms. The summed E-state index contributed by atoms with van der Waals surface area (Å²) in [7, 11) is 0. The lowest BCUT2D eigenvalue weighted by Crippen LogP contribution is -2.35. The lowest BCUT2D eigenvalue weighted by atomic mass is 10.1. The fourth-order valence-corrected chi connectivity index (χ4v) is 1.95. The van der Waals surface area contributed by atoms with Crippen LogP contribution in [-0.2, 0) is 0 Å². The van der Waals surface area contributed by atoms with Crippen molar-refractivity contribution >= 4 is 34.1 Å². The molecule has 2 rings (SSSR count). The summed E-state index contributed by atoms with van der Waals surface area (Å²) in [6.45, 7) is 4.33. The molecular formula is C13H14BrN2O+. The molecule has 1 aliphatic heterocycles. The average Bonchev–Trinajstić information content (AvgIpc) is 2.59. The Kier molecular flexibility index (Phi) is 3.24. The zero-order valence-corrected chi connectivity index (χ0v) is 11.4. The van der Waals surface area contributed by atoms with E-state index in [9.17, 15) is 4.79 Å². The van der Waals surface area contributed by atoms with Crippen LogP contribution in [-0.4, -0.2) is 35.0 Å². The first-order valence-corrected chi connectivity index (χ1v) is 6.22. The Labute approximate surface area is 109 Å². The van der Waals surface area contributed by atoms with Crippen molar-refractivity contribution in [1.29, 1.82) is 0 Å². The fourth-order valence-electron chi connectivity index (χ4n) is 1.68. The van der Waals surface area contributed by atoms with E-state index in [4.69, 9.17) is 0 Å². The highest BCUT2D eigenvalue weighted by molar-refractivity contribution is 9.10. The first kappa shape index (κ1) is 12.2. The first-order valence-electron chi connectivity index (χ1n) is 5.43. The second kappa shape index (κ2) is 4.53. The van der Waals surface area contributed by atoms with Gasteiger partial charge in [0.15, 0.2) is 6.21 Å². The third-order valence-electron chi connectivity index (χ3n) is 2.82. The standard InChI is InChI=1S/C13H14BrN2O/c1-13(2)15-7-8-16(13)9-12(17)10-3-5-11(14)6-4-10/h3-8H,9H2,1-2H3/q+1. The van der Waals surface area contributed by atoms with E-state index < -0.39 is 0 Å². The fraction of sp³-hybridized carbons (Fsp3) is 0.308. The van der Waals surface area contributed by atoms with E-state index >= 15 is 0 Å². The van der Waals surface area contributed by atoms with Crippen LogP contribution in [0.4, 0.5) is 0 Å². The quantitative estimate of drug-likeness (QED) is 0.623. The molecule has 0 amide bonds. The van der Waals surface area contributed by atoms with Gasteiger partial charge in [-0.1, -0.05) is 28.1 Å². The maximum Gasteiger partial charge on any atom is 0.249 e. The van der Waals surface area contributed by atoms with E-state index in [1.807, 2.05) is 48.9 Å². The van der Waals surface area contributed by atoms with Crippen LogP contribution < -0.4 is 0 Å². The smallest absolute Gasteiger partial charge is 0.249 e. The number of carbonyl (C=O) groups is 1. The van der Waals surface area contributed by atoms with Gasteiger partial charge in [-0.05, 0) is 12.1 Å². The average molecular weight is 294 g/mol. The lowest BCUT2D eigenvalue weighted by Gasteiger charge is -2.13. The van der Waals surface area contributed by atoms with E-state index in [1.165, 1.54) is 0 Å². The zero-order chi connectivity index (χ0) is 12.5.